The van der Waals surface area contributed by atoms with Gasteiger partial charge in [-0.15, -0.1) is 15.3 Å². The fraction of sp³-hybridized carbons (Fsp3) is 0.136. The van der Waals surface area contributed by atoms with Crippen molar-refractivity contribution >= 4 is 40.6 Å². The van der Waals surface area contributed by atoms with E-state index < -0.39 is 0 Å². The monoisotopic (exact) mass is 429 g/mol. The van der Waals surface area contributed by atoms with Crippen LogP contribution in [0.4, 0.5) is 0 Å². The zero-order valence-corrected chi connectivity index (χ0v) is 17.6. The normalized spacial score (nSPS) is 11.8. The fourth-order valence-electron chi connectivity index (χ4n) is 3.46. The highest BCUT2D eigenvalue weighted by Crippen LogP contribution is 2.21. The number of nitrogens with zero attached hydrogens (tertiary/aromatic N) is 6. The van der Waals surface area contributed by atoms with Crippen molar-refractivity contribution in [2.45, 2.75) is 24.4 Å². The molecule has 0 aliphatic heterocycles. The number of thioether (sulfide) groups is 1. The van der Waals surface area contributed by atoms with Crippen molar-refractivity contribution in [1.29, 1.82) is 0 Å². The zero-order chi connectivity index (χ0) is 21.2. The summed E-state index contributed by atoms with van der Waals surface area (Å²) < 4.78 is 3.58. The second-order valence-corrected chi connectivity index (χ2v) is 7.80. The van der Waals surface area contributed by atoms with Gasteiger partial charge in [0.2, 0.25) is 10.9 Å². The second-order valence-electron chi connectivity index (χ2n) is 6.85. The molecule has 0 aliphatic rings. The van der Waals surface area contributed by atoms with Gasteiger partial charge in [0.1, 0.15) is 11.6 Å². The van der Waals surface area contributed by atoms with Crippen molar-refractivity contribution in [1.82, 2.24) is 34.3 Å². The molecule has 0 spiro atoms. The number of fused-ring (bicyclic) bond motifs is 3. The maximum absolute atomic E-state index is 12.8. The molecule has 154 valence electrons. The van der Waals surface area contributed by atoms with Crippen molar-refractivity contribution in [3.05, 3.63) is 82.2 Å². The quantitative estimate of drug-likeness (QED) is 0.414. The van der Waals surface area contributed by atoms with Crippen LogP contribution in [-0.2, 0) is 12.3 Å². The van der Waals surface area contributed by atoms with Gasteiger partial charge in [-0.1, -0.05) is 60.3 Å². The van der Waals surface area contributed by atoms with Crippen LogP contribution in [0, 0.1) is 0 Å². The van der Waals surface area contributed by atoms with Crippen LogP contribution >= 0.6 is 11.8 Å². The Bertz CT molecular complexity index is 1450. The van der Waals surface area contributed by atoms with E-state index >= 15 is 0 Å². The number of aromatic nitrogens is 7. The summed E-state index contributed by atoms with van der Waals surface area (Å²) in [4.78, 5) is 17.3. The molecule has 0 saturated heterocycles. The van der Waals surface area contributed by atoms with E-state index in [2.05, 4.69) is 25.4 Å². The molecule has 0 bridgehead atoms. The van der Waals surface area contributed by atoms with E-state index in [-0.39, 0.29) is 5.56 Å². The number of benzene rings is 2. The maximum atomic E-state index is 12.8. The molecule has 1 N–H and O–H groups in total. The van der Waals surface area contributed by atoms with Gasteiger partial charge >= 0.3 is 0 Å². The van der Waals surface area contributed by atoms with Crippen LogP contribution in [0.3, 0.4) is 0 Å². The molecule has 0 unspecified atom stereocenters. The molecular weight excluding hydrogens is 410 g/mol. The smallest absolute Gasteiger partial charge is 0.262 e. The van der Waals surface area contributed by atoms with Crippen molar-refractivity contribution in [2.24, 2.45) is 0 Å². The topological polar surface area (TPSA) is 93.8 Å². The first-order chi connectivity index (χ1) is 15.2. The Labute approximate surface area is 181 Å². The van der Waals surface area contributed by atoms with Crippen molar-refractivity contribution in [3.63, 3.8) is 0 Å². The summed E-state index contributed by atoms with van der Waals surface area (Å²) in [5.74, 6) is 2.49. The van der Waals surface area contributed by atoms with Crippen LogP contribution in [-0.4, -0.2) is 34.3 Å². The third-order valence-corrected chi connectivity index (χ3v) is 5.78. The van der Waals surface area contributed by atoms with Gasteiger partial charge in [-0.25, -0.2) is 4.98 Å². The number of nitrogens with one attached hydrogen (secondary N) is 1. The average molecular weight is 430 g/mol. The lowest BCUT2D eigenvalue weighted by Crippen LogP contribution is -2.22. The molecule has 0 fully saturated rings. The Morgan fingerprint density at radius 3 is 2.68 bits per heavy atom. The van der Waals surface area contributed by atoms with Crippen molar-refractivity contribution in [3.8, 4) is 0 Å². The minimum Gasteiger partial charge on any atom is -0.277 e. The van der Waals surface area contributed by atoms with Gasteiger partial charge < -0.3 is 0 Å². The predicted molar refractivity (Wildman–Crippen MR) is 122 cm³/mol. The highest BCUT2D eigenvalue weighted by molar-refractivity contribution is 7.98. The summed E-state index contributed by atoms with van der Waals surface area (Å²) in [6.07, 6.45) is 3.88. The van der Waals surface area contributed by atoms with Gasteiger partial charge in [0.25, 0.3) is 5.56 Å². The number of hydrogen-bond acceptors (Lipinski definition) is 6. The molecule has 5 rings (SSSR count). The van der Waals surface area contributed by atoms with Crippen molar-refractivity contribution in [2.75, 3.05) is 0 Å². The van der Waals surface area contributed by atoms with E-state index in [1.165, 1.54) is 11.8 Å². The molecule has 31 heavy (non-hydrogen) atoms. The average Bonchev–Trinajstić information content (AvgIpc) is 3.44. The largest absolute Gasteiger partial charge is 0.277 e. The van der Waals surface area contributed by atoms with Gasteiger partial charge in [-0.05, 0) is 30.7 Å². The Morgan fingerprint density at radius 1 is 1.03 bits per heavy atom. The van der Waals surface area contributed by atoms with Gasteiger partial charge in [-0.2, -0.15) is 0 Å². The highest BCUT2D eigenvalue weighted by Gasteiger charge is 2.16. The first-order valence-corrected chi connectivity index (χ1v) is 10.9. The lowest BCUT2D eigenvalue weighted by Gasteiger charge is -2.09. The van der Waals surface area contributed by atoms with E-state index in [9.17, 15) is 4.79 Å². The van der Waals surface area contributed by atoms with E-state index in [1.807, 2.05) is 78.1 Å². The van der Waals surface area contributed by atoms with E-state index in [0.717, 1.165) is 16.9 Å². The number of rotatable bonds is 6. The molecule has 0 aliphatic carbocycles. The molecule has 0 atom stereocenters. The first kappa shape index (κ1) is 19.3. The number of H-pyrrole nitrogens is 1. The minimum absolute atomic E-state index is 0.0546. The standard InChI is InChI=1S/C22H19N7OS/c1-2-28-20(30)16-10-6-7-11-17(16)29-19(25-27-22(28)29)14-31-21-23-18(24-26-21)13-12-15-8-4-3-5-9-15/h3-13H,2,14H2,1H3,(H,23,24,26)/b13-12+. The number of para-hydroxylation sites is 1. The lowest BCUT2D eigenvalue weighted by atomic mass is 10.2. The number of hydrogen-bond donors (Lipinski definition) is 1. The third kappa shape index (κ3) is 3.64. The summed E-state index contributed by atoms with van der Waals surface area (Å²) in [7, 11) is 0. The summed E-state index contributed by atoms with van der Waals surface area (Å²) in [5, 5.41) is 17.1. The minimum atomic E-state index is -0.0546. The molecule has 3 aromatic heterocycles. The summed E-state index contributed by atoms with van der Waals surface area (Å²) in [6, 6.07) is 17.6. The maximum Gasteiger partial charge on any atom is 0.262 e. The second kappa shape index (κ2) is 8.19. The van der Waals surface area contributed by atoms with Crippen molar-refractivity contribution < 1.29 is 0 Å². The molecule has 8 nitrogen and oxygen atoms in total. The molecule has 5 aromatic rings. The fourth-order valence-corrected chi connectivity index (χ4v) is 4.18. The van der Waals surface area contributed by atoms with E-state index in [1.54, 1.807) is 4.57 Å². The molecular formula is C22H19N7OS. The summed E-state index contributed by atoms with van der Waals surface area (Å²) >= 11 is 1.46. The van der Waals surface area contributed by atoms with Gasteiger partial charge in [0.05, 0.1) is 16.7 Å². The van der Waals surface area contributed by atoms with Crippen LogP contribution in [0.1, 0.15) is 24.1 Å². The number of aromatic amines is 1. The number of aryl methyl sites for hydroxylation is 1. The lowest BCUT2D eigenvalue weighted by molar-refractivity contribution is 0.735. The molecule has 0 radical (unpaired) electrons. The Balaban J connectivity index is 1.42. The van der Waals surface area contributed by atoms with E-state index in [0.29, 0.717) is 34.4 Å². The highest BCUT2D eigenvalue weighted by atomic mass is 32.2. The Morgan fingerprint density at radius 2 is 1.84 bits per heavy atom. The predicted octanol–water partition coefficient (Wildman–Crippen LogP) is 3.64. The van der Waals surface area contributed by atoms with Gasteiger partial charge in [-0.3, -0.25) is 18.9 Å². The van der Waals surface area contributed by atoms with E-state index in [4.69, 9.17) is 0 Å². The molecule has 3 heterocycles. The zero-order valence-electron chi connectivity index (χ0n) is 16.8. The SMILES string of the molecule is CCn1c(=O)c2ccccc2n2c(CSc3n[nH]c(/C=C/c4ccccc4)n3)nnc12. The van der Waals surface area contributed by atoms with Crippen LogP contribution in [0.15, 0.2) is 64.5 Å². The third-order valence-electron chi connectivity index (χ3n) is 4.94. The van der Waals surface area contributed by atoms with Crippen LogP contribution in [0.5, 0.6) is 0 Å². The summed E-state index contributed by atoms with van der Waals surface area (Å²) in [6.45, 7) is 2.45. The molecule has 9 heteroatoms. The molecule has 0 amide bonds. The van der Waals surface area contributed by atoms with Gasteiger partial charge in [0.15, 0.2) is 0 Å². The van der Waals surface area contributed by atoms with Crippen LogP contribution < -0.4 is 5.56 Å². The van der Waals surface area contributed by atoms with Crippen LogP contribution in [0.25, 0.3) is 28.8 Å². The Hall–Kier alpha value is -3.72. The van der Waals surface area contributed by atoms with Crippen LogP contribution in [0.2, 0.25) is 0 Å². The van der Waals surface area contributed by atoms with Gasteiger partial charge in [0, 0.05) is 6.54 Å². The Kier molecular flexibility index (Phi) is 5.09. The summed E-state index contributed by atoms with van der Waals surface area (Å²) in [5.41, 5.74) is 1.84. The molecule has 2 aromatic carbocycles. The molecule has 0 saturated carbocycles. The first-order valence-electron chi connectivity index (χ1n) is 9.88.